The van der Waals surface area contributed by atoms with Gasteiger partial charge in [-0.1, -0.05) is 54.6 Å². The number of hydrogen-bond donors (Lipinski definition) is 4. The van der Waals surface area contributed by atoms with Crippen molar-refractivity contribution in [3.8, 4) is 0 Å². The molecule has 0 bridgehead atoms. The normalized spacial score (nSPS) is 14.6. The lowest BCUT2D eigenvalue weighted by molar-refractivity contribution is -0.124. The minimum Gasteiger partial charge on any atom is -0.448 e. The van der Waals surface area contributed by atoms with E-state index in [-0.39, 0.29) is 12.6 Å². The van der Waals surface area contributed by atoms with Crippen LogP contribution in [0.1, 0.15) is 34.7 Å². The number of aromatic amines is 1. The standard InChI is InChI=1S/C31H32N4O4/c36-30(34-38)15-11-22-10-13-27-23(20-22)12-14-29(27)35(17-16-24-21-32-28-9-5-4-8-26(24)28)18-19-39-31(37)33-25-6-2-1-3-7-25/h1-11,13,15,20-21,29,32,38H,12,14,16-19H2,(H,33,37)(H,34,36)/b15-11+. The molecule has 8 heteroatoms. The molecule has 0 radical (unpaired) electrons. The Morgan fingerprint density at radius 1 is 1.05 bits per heavy atom. The zero-order chi connectivity index (χ0) is 27.0. The van der Waals surface area contributed by atoms with Crippen LogP contribution in [0.15, 0.2) is 85.1 Å². The second-order valence-corrected chi connectivity index (χ2v) is 9.59. The van der Waals surface area contributed by atoms with Crippen molar-refractivity contribution >= 4 is 34.7 Å². The van der Waals surface area contributed by atoms with E-state index < -0.39 is 12.0 Å². The highest BCUT2D eigenvalue weighted by atomic mass is 16.5. The highest BCUT2D eigenvalue weighted by Gasteiger charge is 2.28. The molecule has 0 saturated heterocycles. The molecule has 4 N–H and O–H groups in total. The van der Waals surface area contributed by atoms with Crippen molar-refractivity contribution in [1.82, 2.24) is 15.4 Å². The van der Waals surface area contributed by atoms with Crippen molar-refractivity contribution < 1.29 is 19.5 Å². The number of para-hydroxylation sites is 2. The van der Waals surface area contributed by atoms with E-state index in [2.05, 4.69) is 51.7 Å². The predicted octanol–water partition coefficient (Wildman–Crippen LogP) is 5.47. The number of amides is 2. The van der Waals surface area contributed by atoms with Crippen molar-refractivity contribution in [3.05, 3.63) is 107 Å². The molecular weight excluding hydrogens is 492 g/mol. The van der Waals surface area contributed by atoms with Gasteiger partial charge in [0.25, 0.3) is 5.91 Å². The molecule has 3 aromatic carbocycles. The van der Waals surface area contributed by atoms with Gasteiger partial charge in [-0.25, -0.2) is 10.3 Å². The molecule has 0 spiro atoms. The highest BCUT2D eigenvalue weighted by molar-refractivity contribution is 5.90. The van der Waals surface area contributed by atoms with Crippen LogP contribution in [0.3, 0.4) is 0 Å². The zero-order valence-electron chi connectivity index (χ0n) is 21.6. The number of carbonyl (C=O) groups is 2. The maximum absolute atomic E-state index is 12.4. The minimum atomic E-state index is -0.562. The van der Waals surface area contributed by atoms with Crippen molar-refractivity contribution in [1.29, 1.82) is 0 Å². The summed E-state index contributed by atoms with van der Waals surface area (Å²) in [4.78, 5) is 29.5. The first kappa shape index (κ1) is 26.2. The molecule has 1 aliphatic rings. The second-order valence-electron chi connectivity index (χ2n) is 9.59. The topological polar surface area (TPSA) is 107 Å². The molecule has 39 heavy (non-hydrogen) atoms. The average Bonchev–Trinajstić information content (AvgIpc) is 3.58. The van der Waals surface area contributed by atoms with Crippen LogP contribution in [0, 0.1) is 0 Å². The van der Waals surface area contributed by atoms with Crippen LogP contribution in [-0.4, -0.2) is 46.8 Å². The number of hydroxylamine groups is 1. The van der Waals surface area contributed by atoms with Crippen LogP contribution in [0.25, 0.3) is 17.0 Å². The quantitative estimate of drug-likeness (QED) is 0.125. The fourth-order valence-electron chi connectivity index (χ4n) is 5.26. The van der Waals surface area contributed by atoms with Crippen LogP contribution >= 0.6 is 0 Å². The number of anilines is 1. The van der Waals surface area contributed by atoms with Crippen LogP contribution in [-0.2, 0) is 22.4 Å². The fourth-order valence-corrected chi connectivity index (χ4v) is 5.26. The molecule has 0 fully saturated rings. The molecule has 1 heterocycles. The van der Waals surface area contributed by atoms with Gasteiger partial charge >= 0.3 is 6.09 Å². The van der Waals surface area contributed by atoms with E-state index in [1.54, 1.807) is 11.6 Å². The van der Waals surface area contributed by atoms with Gasteiger partial charge in [0.1, 0.15) is 6.61 Å². The number of fused-ring (bicyclic) bond motifs is 2. The predicted molar refractivity (Wildman–Crippen MR) is 151 cm³/mol. The lowest BCUT2D eigenvalue weighted by Crippen LogP contribution is -2.33. The lowest BCUT2D eigenvalue weighted by atomic mass is 10.0. The Hall–Kier alpha value is -4.40. The summed E-state index contributed by atoms with van der Waals surface area (Å²) in [5.74, 6) is -0.562. The molecule has 5 rings (SSSR count). The average molecular weight is 525 g/mol. The number of nitrogens with zero attached hydrogens (tertiary/aromatic N) is 1. The van der Waals surface area contributed by atoms with E-state index in [1.165, 1.54) is 28.2 Å². The molecule has 1 aliphatic carbocycles. The Kier molecular flexibility index (Phi) is 8.36. The van der Waals surface area contributed by atoms with E-state index in [9.17, 15) is 9.59 Å². The van der Waals surface area contributed by atoms with E-state index in [1.807, 2.05) is 42.5 Å². The molecule has 2 amide bonds. The van der Waals surface area contributed by atoms with Gasteiger partial charge in [-0.3, -0.25) is 20.2 Å². The van der Waals surface area contributed by atoms with E-state index in [4.69, 9.17) is 9.94 Å². The van der Waals surface area contributed by atoms with Crippen molar-refractivity contribution in [3.63, 3.8) is 0 Å². The third kappa shape index (κ3) is 6.54. The number of hydrogen-bond acceptors (Lipinski definition) is 5. The number of aromatic nitrogens is 1. The van der Waals surface area contributed by atoms with Gasteiger partial charge in [0.05, 0.1) is 0 Å². The first-order valence-corrected chi connectivity index (χ1v) is 13.1. The Balaban J connectivity index is 1.28. The number of benzene rings is 3. The Morgan fingerprint density at radius 2 is 1.87 bits per heavy atom. The first-order chi connectivity index (χ1) is 19.1. The number of nitrogens with one attached hydrogen (secondary N) is 3. The molecule has 1 aromatic heterocycles. The largest absolute Gasteiger partial charge is 0.448 e. The summed E-state index contributed by atoms with van der Waals surface area (Å²) in [6.45, 7) is 1.69. The number of ether oxygens (including phenoxy) is 1. The summed E-state index contributed by atoms with van der Waals surface area (Å²) in [5, 5.41) is 12.7. The summed E-state index contributed by atoms with van der Waals surface area (Å²) in [6, 6.07) is 24.0. The van der Waals surface area contributed by atoms with Crippen molar-refractivity contribution in [2.75, 3.05) is 25.0 Å². The summed E-state index contributed by atoms with van der Waals surface area (Å²) in [7, 11) is 0. The summed E-state index contributed by atoms with van der Waals surface area (Å²) in [6.07, 6.45) is 7.36. The highest BCUT2D eigenvalue weighted by Crippen LogP contribution is 2.36. The molecular formula is C31H32N4O4. The van der Waals surface area contributed by atoms with Gasteiger partial charge in [-0.2, -0.15) is 0 Å². The third-order valence-corrected chi connectivity index (χ3v) is 7.17. The Morgan fingerprint density at radius 3 is 2.72 bits per heavy atom. The van der Waals surface area contributed by atoms with E-state index in [0.29, 0.717) is 12.2 Å². The van der Waals surface area contributed by atoms with Crippen LogP contribution in [0.2, 0.25) is 0 Å². The summed E-state index contributed by atoms with van der Waals surface area (Å²) < 4.78 is 5.55. The Bertz CT molecular complexity index is 1460. The molecule has 1 atom stereocenters. The van der Waals surface area contributed by atoms with Gasteiger partial charge in [0.2, 0.25) is 0 Å². The summed E-state index contributed by atoms with van der Waals surface area (Å²) >= 11 is 0. The van der Waals surface area contributed by atoms with E-state index >= 15 is 0 Å². The van der Waals surface area contributed by atoms with Gasteiger partial charge < -0.3 is 9.72 Å². The van der Waals surface area contributed by atoms with Crippen LogP contribution < -0.4 is 10.8 Å². The third-order valence-electron chi connectivity index (χ3n) is 7.17. The van der Waals surface area contributed by atoms with Crippen LogP contribution in [0.4, 0.5) is 10.5 Å². The minimum absolute atomic E-state index is 0.199. The van der Waals surface area contributed by atoms with Crippen molar-refractivity contribution in [2.24, 2.45) is 0 Å². The summed E-state index contributed by atoms with van der Waals surface area (Å²) in [5.41, 5.74) is 8.11. The Labute approximate surface area is 227 Å². The maximum Gasteiger partial charge on any atom is 0.411 e. The number of aryl methyl sites for hydroxylation is 1. The molecule has 200 valence electrons. The number of carbonyl (C=O) groups excluding carboxylic acids is 2. The molecule has 1 unspecified atom stereocenters. The van der Waals surface area contributed by atoms with Crippen LogP contribution in [0.5, 0.6) is 0 Å². The zero-order valence-corrected chi connectivity index (χ0v) is 21.6. The van der Waals surface area contributed by atoms with Crippen molar-refractivity contribution in [2.45, 2.75) is 25.3 Å². The molecule has 0 saturated carbocycles. The number of rotatable bonds is 10. The molecule has 0 aliphatic heterocycles. The monoisotopic (exact) mass is 524 g/mol. The maximum atomic E-state index is 12.4. The van der Waals surface area contributed by atoms with Gasteiger partial charge in [-0.05, 0) is 65.8 Å². The SMILES string of the molecule is O=C(/C=C/c1ccc2c(c1)CCC2N(CCOC(=O)Nc1ccccc1)CCc1c[nH]c2ccccc12)NO. The first-order valence-electron chi connectivity index (χ1n) is 13.1. The molecule has 8 nitrogen and oxygen atoms in total. The van der Waals surface area contributed by atoms with E-state index in [0.717, 1.165) is 36.9 Å². The molecule has 4 aromatic rings. The fraction of sp³-hybridized carbons (Fsp3) is 0.226. The van der Waals surface area contributed by atoms with Gasteiger partial charge in [0, 0.05) is 48.0 Å². The number of H-pyrrole nitrogens is 1. The van der Waals surface area contributed by atoms with Gasteiger partial charge in [0.15, 0.2) is 0 Å². The smallest absolute Gasteiger partial charge is 0.411 e. The second kappa shape index (κ2) is 12.4. The van der Waals surface area contributed by atoms with Gasteiger partial charge in [-0.15, -0.1) is 0 Å². The lowest BCUT2D eigenvalue weighted by Gasteiger charge is -2.29.